The van der Waals surface area contributed by atoms with Crippen LogP contribution in [0.1, 0.15) is 12.0 Å². The normalized spacial score (nSPS) is 12.5. The van der Waals surface area contributed by atoms with Gasteiger partial charge in [0.1, 0.15) is 16.8 Å². The maximum absolute atomic E-state index is 14.0. The fourth-order valence-corrected chi connectivity index (χ4v) is 4.59. The van der Waals surface area contributed by atoms with Crippen LogP contribution in [0.5, 0.6) is 0 Å². The lowest BCUT2D eigenvalue weighted by molar-refractivity contribution is -0.122. The molecule has 164 valence electrons. The number of hydrogen-bond acceptors (Lipinski definition) is 6. The first-order valence-corrected chi connectivity index (χ1v) is 12.3. The Kier molecular flexibility index (Phi) is 7.77. The highest BCUT2D eigenvalue weighted by molar-refractivity contribution is 7.98. The largest absolute Gasteiger partial charge is 0.351 e. The van der Waals surface area contributed by atoms with Crippen molar-refractivity contribution < 1.29 is 17.6 Å². The first kappa shape index (κ1) is 22.9. The van der Waals surface area contributed by atoms with Crippen LogP contribution >= 0.6 is 11.8 Å². The lowest BCUT2D eigenvalue weighted by Crippen LogP contribution is -2.46. The fraction of sp³-hybridized carbons (Fsp3) is 0.250. The minimum absolute atomic E-state index is 0.173. The molecule has 1 aromatic carbocycles. The van der Waals surface area contributed by atoms with Gasteiger partial charge in [-0.3, -0.25) is 4.79 Å². The van der Waals surface area contributed by atoms with Crippen molar-refractivity contribution in [2.45, 2.75) is 23.9 Å². The van der Waals surface area contributed by atoms with Crippen LogP contribution in [-0.4, -0.2) is 47.1 Å². The molecule has 1 atom stereocenters. The van der Waals surface area contributed by atoms with Gasteiger partial charge in [-0.2, -0.15) is 21.6 Å². The molecule has 11 heteroatoms. The number of thioether (sulfide) groups is 1. The summed E-state index contributed by atoms with van der Waals surface area (Å²) in [6.07, 6.45) is 7.10. The molecule has 0 saturated heterocycles. The molecule has 2 N–H and O–H groups in total. The van der Waals surface area contributed by atoms with Crippen LogP contribution in [0.25, 0.3) is 5.82 Å². The number of nitrogens with zero attached hydrogens (tertiary/aromatic N) is 3. The Bertz CT molecular complexity index is 1120. The van der Waals surface area contributed by atoms with Crippen LogP contribution in [-0.2, 0) is 21.4 Å². The van der Waals surface area contributed by atoms with E-state index in [0.717, 1.165) is 17.7 Å². The summed E-state index contributed by atoms with van der Waals surface area (Å²) < 4.78 is 43.2. The average molecular weight is 464 g/mol. The van der Waals surface area contributed by atoms with Crippen molar-refractivity contribution in [3.8, 4) is 5.82 Å². The number of rotatable bonds is 10. The zero-order chi connectivity index (χ0) is 22.3. The Morgan fingerprint density at radius 3 is 2.74 bits per heavy atom. The Hall–Kier alpha value is -2.76. The van der Waals surface area contributed by atoms with Gasteiger partial charge in [-0.05, 0) is 54.3 Å². The van der Waals surface area contributed by atoms with E-state index in [9.17, 15) is 17.6 Å². The predicted octanol–water partition coefficient (Wildman–Crippen LogP) is 2.12. The van der Waals surface area contributed by atoms with Crippen molar-refractivity contribution in [1.29, 1.82) is 0 Å². The van der Waals surface area contributed by atoms with E-state index in [0.29, 0.717) is 11.6 Å². The summed E-state index contributed by atoms with van der Waals surface area (Å²) in [5.74, 6) is -0.222. The number of hydrogen-bond donors (Lipinski definition) is 2. The number of halogens is 1. The highest BCUT2D eigenvalue weighted by Crippen LogP contribution is 2.15. The molecule has 1 unspecified atom stereocenters. The molecule has 0 aliphatic heterocycles. The summed E-state index contributed by atoms with van der Waals surface area (Å²) in [6.45, 7) is 0.173. The summed E-state index contributed by atoms with van der Waals surface area (Å²) in [5, 5.41) is 6.86. The highest BCUT2D eigenvalue weighted by Gasteiger charge is 2.27. The second-order valence-corrected chi connectivity index (χ2v) is 9.24. The molecule has 0 aliphatic rings. The van der Waals surface area contributed by atoms with Gasteiger partial charge in [-0.15, -0.1) is 0 Å². The van der Waals surface area contributed by atoms with E-state index in [2.05, 4.69) is 20.1 Å². The quantitative estimate of drug-likeness (QED) is 0.477. The summed E-state index contributed by atoms with van der Waals surface area (Å²) in [5.41, 5.74) is 0.773. The third kappa shape index (κ3) is 6.12. The van der Waals surface area contributed by atoms with Crippen molar-refractivity contribution >= 4 is 27.7 Å². The maximum atomic E-state index is 14.0. The molecule has 0 saturated carbocycles. The summed E-state index contributed by atoms with van der Waals surface area (Å²) in [7, 11) is -4.20. The van der Waals surface area contributed by atoms with Gasteiger partial charge in [0.05, 0.1) is 0 Å². The molecule has 0 spiro atoms. The Balaban J connectivity index is 1.70. The van der Waals surface area contributed by atoms with Gasteiger partial charge >= 0.3 is 0 Å². The fourth-order valence-electron chi connectivity index (χ4n) is 2.81. The van der Waals surface area contributed by atoms with Crippen molar-refractivity contribution in [2.75, 3.05) is 12.0 Å². The molecule has 2 aromatic heterocycles. The number of carbonyl (C=O) groups is 1. The summed E-state index contributed by atoms with van der Waals surface area (Å²) in [6, 6.07) is 9.30. The second kappa shape index (κ2) is 10.5. The van der Waals surface area contributed by atoms with E-state index in [1.54, 1.807) is 41.5 Å². The number of amides is 1. The number of aromatic nitrogens is 3. The molecular formula is C20H22FN5O3S2. The van der Waals surface area contributed by atoms with Gasteiger partial charge in [0, 0.05) is 25.1 Å². The molecule has 1 amide bonds. The standard InChI is InChI=1S/C20H22FN5O3S2/c1-30-12-8-17(25-31(28,29)18-6-3-2-5-16(18)21)20(27)23-14-15-7-10-22-19(13-15)26-11-4-9-24-26/h2-7,9-11,13,17,25H,8,12,14H2,1H3,(H,23,27). The van der Waals surface area contributed by atoms with Gasteiger partial charge in [0.25, 0.3) is 0 Å². The smallest absolute Gasteiger partial charge is 0.244 e. The first-order chi connectivity index (χ1) is 14.9. The summed E-state index contributed by atoms with van der Waals surface area (Å²) in [4.78, 5) is 16.5. The minimum atomic E-state index is -4.20. The number of sulfonamides is 1. The molecule has 3 aromatic rings. The predicted molar refractivity (Wildman–Crippen MR) is 117 cm³/mol. The Morgan fingerprint density at radius 2 is 2.03 bits per heavy atom. The molecule has 0 radical (unpaired) electrons. The van der Waals surface area contributed by atoms with Gasteiger partial charge in [0.15, 0.2) is 5.82 Å². The molecular weight excluding hydrogens is 441 g/mol. The Morgan fingerprint density at radius 1 is 1.23 bits per heavy atom. The number of pyridine rings is 1. The minimum Gasteiger partial charge on any atom is -0.351 e. The second-order valence-electron chi connectivity index (χ2n) is 6.58. The van der Waals surface area contributed by atoms with E-state index >= 15 is 0 Å². The topological polar surface area (TPSA) is 106 Å². The number of carbonyl (C=O) groups excluding carboxylic acids is 1. The molecule has 31 heavy (non-hydrogen) atoms. The van der Waals surface area contributed by atoms with E-state index in [4.69, 9.17) is 0 Å². The molecule has 0 aliphatic carbocycles. The SMILES string of the molecule is CSCCC(NS(=O)(=O)c1ccccc1F)C(=O)NCc1ccnc(-n2cccn2)c1. The molecule has 3 rings (SSSR count). The maximum Gasteiger partial charge on any atom is 0.244 e. The van der Waals surface area contributed by atoms with Crippen LogP contribution in [0.3, 0.4) is 0 Å². The van der Waals surface area contributed by atoms with Gasteiger partial charge in [-0.25, -0.2) is 22.5 Å². The van der Waals surface area contributed by atoms with Crippen LogP contribution in [0.2, 0.25) is 0 Å². The van der Waals surface area contributed by atoms with Crippen molar-refractivity contribution in [1.82, 2.24) is 24.8 Å². The van der Waals surface area contributed by atoms with Gasteiger partial charge in [-0.1, -0.05) is 12.1 Å². The third-order valence-electron chi connectivity index (χ3n) is 4.37. The van der Waals surface area contributed by atoms with Crippen LogP contribution in [0.15, 0.2) is 66.0 Å². The summed E-state index contributed by atoms with van der Waals surface area (Å²) >= 11 is 1.48. The number of nitrogens with one attached hydrogen (secondary N) is 2. The lowest BCUT2D eigenvalue weighted by atomic mass is 10.2. The first-order valence-electron chi connectivity index (χ1n) is 9.39. The van der Waals surface area contributed by atoms with Crippen LogP contribution in [0.4, 0.5) is 4.39 Å². The molecule has 0 fully saturated rings. The molecule has 8 nitrogen and oxygen atoms in total. The van der Waals surface area contributed by atoms with Crippen molar-refractivity contribution in [3.05, 3.63) is 72.4 Å². The van der Waals surface area contributed by atoms with Crippen LogP contribution in [0, 0.1) is 5.82 Å². The number of benzene rings is 1. The van der Waals surface area contributed by atoms with Crippen molar-refractivity contribution in [2.24, 2.45) is 0 Å². The van der Waals surface area contributed by atoms with E-state index < -0.39 is 32.7 Å². The third-order valence-corrected chi connectivity index (χ3v) is 6.52. The van der Waals surface area contributed by atoms with Gasteiger partial charge in [0.2, 0.25) is 15.9 Å². The van der Waals surface area contributed by atoms with E-state index in [-0.39, 0.29) is 13.0 Å². The molecule has 2 heterocycles. The lowest BCUT2D eigenvalue weighted by Gasteiger charge is -2.18. The van der Waals surface area contributed by atoms with E-state index in [1.165, 1.54) is 23.9 Å². The molecule has 0 bridgehead atoms. The van der Waals surface area contributed by atoms with Gasteiger partial charge < -0.3 is 5.32 Å². The zero-order valence-corrected chi connectivity index (χ0v) is 18.4. The Labute approximate surface area is 184 Å². The van der Waals surface area contributed by atoms with E-state index in [1.807, 2.05) is 6.26 Å². The van der Waals surface area contributed by atoms with Crippen molar-refractivity contribution in [3.63, 3.8) is 0 Å². The van der Waals surface area contributed by atoms with Crippen LogP contribution < -0.4 is 10.0 Å². The highest BCUT2D eigenvalue weighted by atomic mass is 32.2. The monoisotopic (exact) mass is 463 g/mol. The average Bonchev–Trinajstić information content (AvgIpc) is 3.30. The zero-order valence-electron chi connectivity index (χ0n) is 16.7.